The van der Waals surface area contributed by atoms with E-state index >= 15 is 0 Å². The summed E-state index contributed by atoms with van der Waals surface area (Å²) in [7, 11) is 1.34. The summed E-state index contributed by atoms with van der Waals surface area (Å²) < 4.78 is 0. The average molecular weight is 221 g/mol. The minimum absolute atomic E-state index is 0.241. The standard InChI is InChI=1S/C10H11N3O3/c1-13-8(14)6-4-2-3-5-7(6)10(13,16)9(15)12-11/h2-5,16H,11H2,1H3,(H,12,15). The summed E-state index contributed by atoms with van der Waals surface area (Å²) in [4.78, 5) is 24.3. The van der Waals surface area contributed by atoms with Gasteiger partial charge in [0, 0.05) is 18.2 Å². The first-order chi connectivity index (χ1) is 7.53. The van der Waals surface area contributed by atoms with Crippen LogP contribution in [0, 0.1) is 0 Å². The van der Waals surface area contributed by atoms with Crippen LogP contribution in [0.1, 0.15) is 15.9 Å². The molecule has 6 nitrogen and oxygen atoms in total. The van der Waals surface area contributed by atoms with Crippen LogP contribution in [0.25, 0.3) is 0 Å². The number of nitrogens with zero attached hydrogens (tertiary/aromatic N) is 1. The van der Waals surface area contributed by atoms with Crippen LogP contribution >= 0.6 is 0 Å². The van der Waals surface area contributed by atoms with E-state index in [-0.39, 0.29) is 5.56 Å². The Hall–Kier alpha value is -1.92. The molecule has 0 spiro atoms. The third-order valence-electron chi connectivity index (χ3n) is 2.77. The third kappa shape index (κ3) is 1.08. The van der Waals surface area contributed by atoms with Crippen molar-refractivity contribution in [2.24, 2.45) is 5.84 Å². The van der Waals surface area contributed by atoms with Gasteiger partial charge in [-0.05, 0) is 6.07 Å². The van der Waals surface area contributed by atoms with Gasteiger partial charge in [-0.3, -0.25) is 15.0 Å². The van der Waals surface area contributed by atoms with Crippen molar-refractivity contribution in [1.82, 2.24) is 10.3 Å². The number of carbonyl (C=O) groups excluding carboxylic acids is 2. The van der Waals surface area contributed by atoms with Gasteiger partial charge in [0.2, 0.25) is 5.72 Å². The Morgan fingerprint density at radius 2 is 2.12 bits per heavy atom. The summed E-state index contributed by atoms with van der Waals surface area (Å²) in [5, 5.41) is 10.3. The maximum absolute atomic E-state index is 11.8. The second-order valence-corrected chi connectivity index (χ2v) is 3.56. The highest BCUT2D eigenvalue weighted by molar-refractivity contribution is 6.05. The minimum Gasteiger partial charge on any atom is -0.359 e. The molecule has 6 heteroatoms. The number of carbonyl (C=O) groups is 2. The average Bonchev–Trinajstić information content (AvgIpc) is 2.52. The quantitative estimate of drug-likeness (QED) is 0.319. The van der Waals surface area contributed by atoms with E-state index in [0.29, 0.717) is 5.56 Å². The fourth-order valence-corrected chi connectivity index (χ4v) is 1.86. The zero-order valence-corrected chi connectivity index (χ0v) is 8.60. The second-order valence-electron chi connectivity index (χ2n) is 3.56. The van der Waals surface area contributed by atoms with Crippen molar-refractivity contribution >= 4 is 11.8 Å². The Balaban J connectivity index is 2.65. The summed E-state index contributed by atoms with van der Waals surface area (Å²) in [6.45, 7) is 0. The topological polar surface area (TPSA) is 95.7 Å². The Bertz CT molecular complexity index is 474. The fourth-order valence-electron chi connectivity index (χ4n) is 1.86. The van der Waals surface area contributed by atoms with Crippen LogP contribution in [-0.2, 0) is 10.5 Å². The van der Waals surface area contributed by atoms with E-state index in [4.69, 9.17) is 5.84 Å². The van der Waals surface area contributed by atoms with Gasteiger partial charge in [-0.15, -0.1) is 0 Å². The molecule has 1 aliphatic heterocycles. The van der Waals surface area contributed by atoms with Gasteiger partial charge in [-0.1, -0.05) is 18.2 Å². The molecule has 1 aromatic carbocycles. The minimum atomic E-state index is -2.03. The number of likely N-dealkylation sites (N-methyl/N-ethyl adjacent to an activating group) is 1. The second kappa shape index (κ2) is 3.29. The van der Waals surface area contributed by atoms with E-state index in [1.807, 2.05) is 5.43 Å². The molecule has 84 valence electrons. The summed E-state index contributed by atoms with van der Waals surface area (Å²) in [5.74, 6) is 3.75. The molecule has 0 aromatic heterocycles. The van der Waals surface area contributed by atoms with E-state index < -0.39 is 17.5 Å². The molecule has 1 aromatic rings. The third-order valence-corrected chi connectivity index (χ3v) is 2.77. The number of hydrogen-bond acceptors (Lipinski definition) is 4. The molecule has 1 aliphatic rings. The highest BCUT2D eigenvalue weighted by Gasteiger charge is 2.52. The number of amides is 2. The molecular formula is C10H11N3O3. The van der Waals surface area contributed by atoms with Crippen molar-refractivity contribution in [3.63, 3.8) is 0 Å². The Morgan fingerprint density at radius 1 is 1.50 bits per heavy atom. The number of benzene rings is 1. The number of rotatable bonds is 1. The van der Waals surface area contributed by atoms with Gasteiger partial charge >= 0.3 is 0 Å². The van der Waals surface area contributed by atoms with Crippen LogP contribution < -0.4 is 11.3 Å². The summed E-state index contributed by atoms with van der Waals surface area (Å²) in [6.07, 6.45) is 0. The van der Waals surface area contributed by atoms with Crippen LogP contribution in [0.3, 0.4) is 0 Å². The van der Waals surface area contributed by atoms with Crippen LogP contribution in [-0.4, -0.2) is 28.9 Å². The molecule has 2 amide bonds. The van der Waals surface area contributed by atoms with Crippen molar-refractivity contribution in [2.45, 2.75) is 5.72 Å². The first-order valence-electron chi connectivity index (χ1n) is 4.64. The molecule has 0 aliphatic carbocycles. The van der Waals surface area contributed by atoms with Crippen molar-refractivity contribution in [3.8, 4) is 0 Å². The highest BCUT2D eigenvalue weighted by atomic mass is 16.3. The Kier molecular flexibility index (Phi) is 2.18. The summed E-state index contributed by atoms with van der Waals surface area (Å²) in [5.41, 5.74) is 0.374. The van der Waals surface area contributed by atoms with Gasteiger partial charge in [0.25, 0.3) is 11.8 Å². The molecule has 0 bridgehead atoms. The molecule has 1 heterocycles. The molecule has 0 radical (unpaired) electrons. The number of fused-ring (bicyclic) bond motifs is 1. The van der Waals surface area contributed by atoms with Gasteiger partial charge in [-0.25, -0.2) is 5.84 Å². The van der Waals surface area contributed by atoms with Gasteiger partial charge in [0.15, 0.2) is 0 Å². The van der Waals surface area contributed by atoms with Crippen LogP contribution in [0.5, 0.6) is 0 Å². The predicted molar refractivity (Wildman–Crippen MR) is 54.8 cm³/mol. The first kappa shape index (κ1) is 10.6. The SMILES string of the molecule is CN1C(=O)c2ccccc2C1(O)C(=O)NN. The Morgan fingerprint density at radius 3 is 2.75 bits per heavy atom. The zero-order chi connectivity index (χ0) is 11.9. The molecule has 0 saturated heterocycles. The van der Waals surface area contributed by atoms with Gasteiger partial charge in [0.05, 0.1) is 0 Å². The lowest BCUT2D eigenvalue weighted by Crippen LogP contribution is -2.54. The molecule has 16 heavy (non-hydrogen) atoms. The van der Waals surface area contributed by atoms with Crippen molar-refractivity contribution in [2.75, 3.05) is 7.05 Å². The highest BCUT2D eigenvalue weighted by Crippen LogP contribution is 2.35. The summed E-state index contributed by atoms with van der Waals surface area (Å²) in [6, 6.07) is 6.37. The van der Waals surface area contributed by atoms with Gasteiger partial charge in [-0.2, -0.15) is 0 Å². The lowest BCUT2D eigenvalue weighted by atomic mass is 10.0. The molecule has 2 rings (SSSR count). The molecule has 4 N–H and O–H groups in total. The van der Waals surface area contributed by atoms with E-state index in [1.54, 1.807) is 18.2 Å². The first-order valence-corrected chi connectivity index (χ1v) is 4.64. The van der Waals surface area contributed by atoms with E-state index in [9.17, 15) is 14.7 Å². The van der Waals surface area contributed by atoms with Crippen LogP contribution in [0.15, 0.2) is 24.3 Å². The van der Waals surface area contributed by atoms with Crippen molar-refractivity contribution in [1.29, 1.82) is 0 Å². The lowest BCUT2D eigenvalue weighted by molar-refractivity contribution is -0.155. The van der Waals surface area contributed by atoms with E-state index in [0.717, 1.165) is 4.90 Å². The van der Waals surface area contributed by atoms with Gasteiger partial charge in [0.1, 0.15) is 0 Å². The number of aliphatic hydroxyl groups is 1. The monoisotopic (exact) mass is 221 g/mol. The smallest absolute Gasteiger partial charge is 0.292 e. The summed E-state index contributed by atoms with van der Waals surface area (Å²) >= 11 is 0. The number of nitrogens with two attached hydrogens (primary N) is 1. The number of hydrazine groups is 1. The maximum Gasteiger partial charge on any atom is 0.292 e. The van der Waals surface area contributed by atoms with Crippen molar-refractivity contribution < 1.29 is 14.7 Å². The van der Waals surface area contributed by atoms with Crippen LogP contribution in [0.4, 0.5) is 0 Å². The maximum atomic E-state index is 11.8. The number of hydrogen-bond donors (Lipinski definition) is 3. The number of nitrogens with one attached hydrogen (secondary N) is 1. The normalized spacial score (nSPS) is 23.2. The molecule has 0 saturated carbocycles. The zero-order valence-electron chi connectivity index (χ0n) is 8.60. The predicted octanol–water partition coefficient (Wildman–Crippen LogP) is -1.09. The largest absolute Gasteiger partial charge is 0.359 e. The van der Waals surface area contributed by atoms with Gasteiger partial charge < -0.3 is 10.0 Å². The Labute approximate surface area is 91.6 Å². The molecule has 1 unspecified atom stereocenters. The molecule has 1 atom stereocenters. The van der Waals surface area contributed by atoms with E-state index in [2.05, 4.69) is 0 Å². The van der Waals surface area contributed by atoms with Crippen LogP contribution in [0.2, 0.25) is 0 Å². The lowest BCUT2D eigenvalue weighted by Gasteiger charge is -2.28. The fraction of sp³-hybridized carbons (Fsp3) is 0.200. The van der Waals surface area contributed by atoms with E-state index in [1.165, 1.54) is 13.1 Å². The molecular weight excluding hydrogens is 210 g/mol. The van der Waals surface area contributed by atoms with Crippen molar-refractivity contribution in [3.05, 3.63) is 35.4 Å². The molecule has 0 fully saturated rings.